The number of rotatable bonds is 7. The van der Waals surface area contributed by atoms with Crippen LogP contribution < -0.4 is 5.32 Å². The fraction of sp³-hybridized carbons (Fsp3) is 0.267. The van der Waals surface area contributed by atoms with Gasteiger partial charge >= 0.3 is 0 Å². The van der Waals surface area contributed by atoms with Crippen LogP contribution in [0.1, 0.15) is 5.56 Å². The van der Waals surface area contributed by atoms with E-state index in [1.807, 2.05) is 12.1 Å². The normalized spacial score (nSPS) is 10.1. The molecule has 0 fully saturated rings. The molecule has 0 aliphatic rings. The SMILES string of the molecule is N#Cc1cc(-c2ccncc2)cnc1NCCOCCO. The van der Waals surface area contributed by atoms with Crippen molar-refractivity contribution in [1.82, 2.24) is 9.97 Å². The summed E-state index contributed by atoms with van der Waals surface area (Å²) in [5, 5.41) is 20.9. The van der Waals surface area contributed by atoms with Gasteiger partial charge in [0.15, 0.2) is 0 Å². The molecular weight excluding hydrogens is 268 g/mol. The van der Waals surface area contributed by atoms with Crippen LogP contribution in [0, 0.1) is 11.3 Å². The molecule has 2 heterocycles. The van der Waals surface area contributed by atoms with Crippen LogP contribution in [0.25, 0.3) is 11.1 Å². The van der Waals surface area contributed by atoms with E-state index in [4.69, 9.17) is 9.84 Å². The maximum atomic E-state index is 9.22. The highest BCUT2D eigenvalue weighted by Crippen LogP contribution is 2.21. The predicted molar refractivity (Wildman–Crippen MR) is 78.6 cm³/mol. The molecule has 0 atom stereocenters. The van der Waals surface area contributed by atoms with Gasteiger partial charge in [-0.25, -0.2) is 4.98 Å². The Kier molecular flexibility index (Phi) is 5.64. The van der Waals surface area contributed by atoms with E-state index in [2.05, 4.69) is 21.4 Å². The molecule has 0 aromatic carbocycles. The van der Waals surface area contributed by atoms with Gasteiger partial charge < -0.3 is 15.2 Å². The minimum atomic E-state index is 0.00231. The molecule has 6 nitrogen and oxygen atoms in total. The Labute approximate surface area is 123 Å². The molecule has 108 valence electrons. The van der Waals surface area contributed by atoms with Crippen LogP contribution in [0.3, 0.4) is 0 Å². The quantitative estimate of drug-likeness (QED) is 0.747. The van der Waals surface area contributed by atoms with Crippen molar-refractivity contribution in [3.8, 4) is 17.2 Å². The summed E-state index contributed by atoms with van der Waals surface area (Å²) in [7, 11) is 0. The van der Waals surface area contributed by atoms with Crippen molar-refractivity contribution in [1.29, 1.82) is 5.26 Å². The Morgan fingerprint density at radius 2 is 2.05 bits per heavy atom. The second-order valence-corrected chi connectivity index (χ2v) is 4.23. The summed E-state index contributed by atoms with van der Waals surface area (Å²) < 4.78 is 5.14. The molecule has 2 N–H and O–H groups in total. The number of hydrogen-bond acceptors (Lipinski definition) is 6. The second-order valence-electron chi connectivity index (χ2n) is 4.23. The maximum Gasteiger partial charge on any atom is 0.144 e. The molecular formula is C15H16N4O2. The minimum absolute atomic E-state index is 0.00231. The zero-order valence-electron chi connectivity index (χ0n) is 11.5. The smallest absolute Gasteiger partial charge is 0.144 e. The molecule has 2 rings (SSSR count). The van der Waals surface area contributed by atoms with Gasteiger partial charge in [-0.05, 0) is 23.8 Å². The van der Waals surface area contributed by atoms with Crippen LogP contribution in [0.15, 0.2) is 36.8 Å². The number of nitriles is 1. The Balaban J connectivity index is 2.05. The number of hydrogen-bond donors (Lipinski definition) is 2. The summed E-state index contributed by atoms with van der Waals surface area (Å²) >= 11 is 0. The lowest BCUT2D eigenvalue weighted by Crippen LogP contribution is -2.13. The molecule has 0 spiro atoms. The van der Waals surface area contributed by atoms with Crippen LogP contribution in [-0.4, -0.2) is 41.4 Å². The molecule has 0 bridgehead atoms. The van der Waals surface area contributed by atoms with E-state index in [1.54, 1.807) is 24.7 Å². The summed E-state index contributed by atoms with van der Waals surface area (Å²) in [5.74, 6) is 0.530. The number of aliphatic hydroxyl groups is 1. The first-order valence-electron chi connectivity index (χ1n) is 6.58. The summed E-state index contributed by atoms with van der Waals surface area (Å²) in [5.41, 5.74) is 2.31. The lowest BCUT2D eigenvalue weighted by Gasteiger charge is -2.09. The fourth-order valence-corrected chi connectivity index (χ4v) is 1.80. The predicted octanol–water partition coefficient (Wildman–Crippen LogP) is 1.44. The van der Waals surface area contributed by atoms with Gasteiger partial charge in [-0.2, -0.15) is 5.26 Å². The molecule has 0 aliphatic carbocycles. The average molecular weight is 284 g/mol. The first kappa shape index (κ1) is 14.9. The summed E-state index contributed by atoms with van der Waals surface area (Å²) in [6.07, 6.45) is 5.12. The summed E-state index contributed by atoms with van der Waals surface area (Å²) in [6, 6.07) is 7.67. The van der Waals surface area contributed by atoms with Crippen LogP contribution in [-0.2, 0) is 4.74 Å². The minimum Gasteiger partial charge on any atom is -0.394 e. The molecule has 6 heteroatoms. The molecule has 0 saturated carbocycles. The molecule has 2 aromatic heterocycles. The zero-order chi connectivity index (χ0) is 14.9. The molecule has 0 amide bonds. The number of pyridine rings is 2. The summed E-state index contributed by atoms with van der Waals surface area (Å²) in [4.78, 5) is 8.25. The number of nitrogens with one attached hydrogen (secondary N) is 1. The number of aliphatic hydroxyl groups excluding tert-OH is 1. The third kappa shape index (κ3) is 4.24. The molecule has 2 aromatic rings. The Bertz CT molecular complexity index is 611. The average Bonchev–Trinajstić information content (AvgIpc) is 2.55. The standard InChI is InChI=1S/C15H16N4O2/c16-10-13-9-14(12-1-3-17-4-2-12)11-19-15(13)18-5-7-21-8-6-20/h1-4,9,11,20H,5-8H2,(H,18,19). The van der Waals surface area contributed by atoms with Crippen molar-refractivity contribution in [3.63, 3.8) is 0 Å². The van der Waals surface area contributed by atoms with E-state index in [9.17, 15) is 5.26 Å². The van der Waals surface area contributed by atoms with Crippen molar-refractivity contribution in [2.75, 3.05) is 31.7 Å². The van der Waals surface area contributed by atoms with Crippen LogP contribution >= 0.6 is 0 Å². The van der Waals surface area contributed by atoms with Gasteiger partial charge in [-0.3, -0.25) is 4.98 Å². The Morgan fingerprint density at radius 1 is 1.24 bits per heavy atom. The van der Waals surface area contributed by atoms with Crippen LogP contribution in [0.4, 0.5) is 5.82 Å². The molecule has 0 radical (unpaired) electrons. The number of nitrogens with zero attached hydrogens (tertiary/aromatic N) is 3. The van der Waals surface area contributed by atoms with Gasteiger partial charge in [0.2, 0.25) is 0 Å². The van der Waals surface area contributed by atoms with E-state index in [0.717, 1.165) is 11.1 Å². The first-order valence-corrected chi connectivity index (χ1v) is 6.58. The van der Waals surface area contributed by atoms with Crippen LogP contribution in [0.5, 0.6) is 0 Å². The zero-order valence-corrected chi connectivity index (χ0v) is 11.5. The highest BCUT2D eigenvalue weighted by molar-refractivity contribution is 5.67. The Morgan fingerprint density at radius 3 is 2.76 bits per heavy atom. The van der Waals surface area contributed by atoms with Crippen molar-refractivity contribution < 1.29 is 9.84 Å². The van der Waals surface area contributed by atoms with Gasteiger partial charge in [-0.15, -0.1) is 0 Å². The third-order valence-electron chi connectivity index (χ3n) is 2.80. The second kappa shape index (κ2) is 7.94. The topological polar surface area (TPSA) is 91.1 Å². The lowest BCUT2D eigenvalue weighted by molar-refractivity contribution is 0.0992. The van der Waals surface area contributed by atoms with Crippen LogP contribution in [0.2, 0.25) is 0 Å². The molecule has 21 heavy (non-hydrogen) atoms. The first-order chi connectivity index (χ1) is 10.3. The van der Waals surface area contributed by atoms with Crippen molar-refractivity contribution in [2.24, 2.45) is 0 Å². The monoisotopic (exact) mass is 284 g/mol. The summed E-state index contributed by atoms with van der Waals surface area (Å²) in [6.45, 7) is 1.28. The van der Waals surface area contributed by atoms with Gasteiger partial charge in [-0.1, -0.05) is 0 Å². The van der Waals surface area contributed by atoms with Gasteiger partial charge in [0.05, 0.1) is 25.4 Å². The third-order valence-corrected chi connectivity index (χ3v) is 2.80. The van der Waals surface area contributed by atoms with E-state index < -0.39 is 0 Å². The maximum absolute atomic E-state index is 9.22. The van der Waals surface area contributed by atoms with E-state index >= 15 is 0 Å². The van der Waals surface area contributed by atoms with Crippen molar-refractivity contribution in [2.45, 2.75) is 0 Å². The van der Waals surface area contributed by atoms with Crippen molar-refractivity contribution >= 4 is 5.82 Å². The number of aromatic nitrogens is 2. The van der Waals surface area contributed by atoms with Gasteiger partial charge in [0.1, 0.15) is 11.9 Å². The number of anilines is 1. The highest BCUT2D eigenvalue weighted by Gasteiger charge is 2.06. The Hall–Kier alpha value is -2.49. The largest absolute Gasteiger partial charge is 0.394 e. The fourth-order valence-electron chi connectivity index (χ4n) is 1.80. The molecule has 0 saturated heterocycles. The van der Waals surface area contributed by atoms with E-state index in [0.29, 0.717) is 31.1 Å². The molecule has 0 unspecified atom stereocenters. The van der Waals surface area contributed by atoms with Crippen molar-refractivity contribution in [3.05, 3.63) is 42.4 Å². The van der Waals surface area contributed by atoms with Gasteiger partial charge in [0, 0.05) is 30.7 Å². The van der Waals surface area contributed by atoms with Gasteiger partial charge in [0.25, 0.3) is 0 Å². The highest BCUT2D eigenvalue weighted by atomic mass is 16.5. The molecule has 0 aliphatic heterocycles. The van der Waals surface area contributed by atoms with E-state index in [1.165, 1.54) is 0 Å². The number of ether oxygens (including phenoxy) is 1. The van der Waals surface area contributed by atoms with E-state index in [-0.39, 0.29) is 6.61 Å². The lowest BCUT2D eigenvalue weighted by atomic mass is 10.1.